The second-order valence-electron chi connectivity index (χ2n) is 8.25. The van der Waals surface area contributed by atoms with Crippen LogP contribution >= 0.6 is 0 Å². The molecule has 0 spiro atoms. The van der Waals surface area contributed by atoms with Crippen LogP contribution in [-0.2, 0) is 10.4 Å². The zero-order valence-corrected chi connectivity index (χ0v) is 18.6. The van der Waals surface area contributed by atoms with Gasteiger partial charge in [0.05, 0.1) is 35.0 Å². The average molecular weight is 468 g/mol. The minimum Gasteiger partial charge on any atom is -0.374 e. The van der Waals surface area contributed by atoms with Gasteiger partial charge >= 0.3 is 0 Å². The van der Waals surface area contributed by atoms with Crippen LogP contribution in [0.1, 0.15) is 12.1 Å². The molecule has 1 aliphatic rings. The summed E-state index contributed by atoms with van der Waals surface area (Å²) in [6.45, 7) is 0.454. The fourth-order valence-electron chi connectivity index (χ4n) is 4.06. The summed E-state index contributed by atoms with van der Waals surface area (Å²) in [7, 11) is 1.65. The van der Waals surface area contributed by atoms with Crippen LogP contribution in [0.4, 0.5) is 11.6 Å². The van der Waals surface area contributed by atoms with Gasteiger partial charge in [0.1, 0.15) is 5.69 Å². The highest BCUT2D eigenvalue weighted by molar-refractivity contribution is 5.87. The second-order valence-corrected chi connectivity index (χ2v) is 8.25. The number of aliphatic hydroxyl groups is 1. The summed E-state index contributed by atoms with van der Waals surface area (Å²) in [6.07, 6.45) is 7.02. The smallest absolute Gasteiger partial charge is 0.260 e. The van der Waals surface area contributed by atoms with Crippen molar-refractivity contribution in [1.29, 1.82) is 0 Å². The van der Waals surface area contributed by atoms with Crippen molar-refractivity contribution in [1.82, 2.24) is 44.5 Å². The maximum atomic E-state index is 12.4. The molecule has 12 heteroatoms. The molecule has 0 radical (unpaired) electrons. The lowest BCUT2D eigenvalue weighted by Gasteiger charge is -2.17. The number of hydrogen-bond acceptors (Lipinski definition) is 9. The van der Waals surface area contributed by atoms with Crippen LogP contribution in [0.15, 0.2) is 67.3 Å². The molecule has 12 nitrogen and oxygen atoms in total. The first kappa shape index (κ1) is 20.9. The molecule has 2 N–H and O–H groups in total. The highest BCUT2D eigenvalue weighted by atomic mass is 16.3. The van der Waals surface area contributed by atoms with Crippen LogP contribution in [0, 0.1) is 0 Å². The van der Waals surface area contributed by atoms with Crippen molar-refractivity contribution in [3.63, 3.8) is 0 Å². The van der Waals surface area contributed by atoms with Gasteiger partial charge < -0.3 is 15.3 Å². The highest BCUT2D eigenvalue weighted by Crippen LogP contribution is 2.31. The molecule has 6 heterocycles. The van der Waals surface area contributed by atoms with Crippen molar-refractivity contribution in [3.05, 3.63) is 72.9 Å². The Labute approximate surface area is 198 Å². The Kier molecular flexibility index (Phi) is 4.74. The topological polar surface area (TPSA) is 139 Å². The molecule has 1 atom stereocenters. The molecule has 0 aliphatic carbocycles. The van der Waals surface area contributed by atoms with Gasteiger partial charge in [0, 0.05) is 32.4 Å². The van der Waals surface area contributed by atoms with Gasteiger partial charge in [-0.3, -0.25) is 4.79 Å². The molecular formula is C23H20N10O2. The first-order valence-corrected chi connectivity index (χ1v) is 10.9. The quantitative estimate of drug-likeness (QED) is 0.393. The van der Waals surface area contributed by atoms with Gasteiger partial charge in [0.25, 0.3) is 5.91 Å². The van der Waals surface area contributed by atoms with Crippen molar-refractivity contribution >= 4 is 23.1 Å². The van der Waals surface area contributed by atoms with Crippen molar-refractivity contribution < 1.29 is 9.90 Å². The molecule has 35 heavy (non-hydrogen) atoms. The summed E-state index contributed by atoms with van der Waals surface area (Å²) >= 11 is 0. The Balaban J connectivity index is 1.28. The van der Waals surface area contributed by atoms with Crippen LogP contribution in [0.25, 0.3) is 22.7 Å². The zero-order valence-electron chi connectivity index (χ0n) is 18.6. The molecular weight excluding hydrogens is 448 g/mol. The van der Waals surface area contributed by atoms with E-state index in [1.807, 2.05) is 36.5 Å². The zero-order chi connectivity index (χ0) is 24.0. The number of amides is 1. The number of nitrogens with zero attached hydrogens (tertiary/aromatic N) is 9. The van der Waals surface area contributed by atoms with Gasteiger partial charge in [0.15, 0.2) is 11.4 Å². The third kappa shape index (κ3) is 3.56. The standard InChI is InChI=1S/C23H20N10O2/c1-31-12-9-23(35,21(31)34)19-14-33(30-29-19)20-7-4-5-15(26-20)16-8-10-24-22(27-16)28-17-13-25-32-11-3-2-6-18(17)32/h2-8,10-11,13-14,35H,9,12H2,1H3,(H,24,27,28)/t23-/m1/s1. The Hall–Kier alpha value is -4.71. The average Bonchev–Trinajstić information content (AvgIpc) is 3.61. The molecule has 1 aliphatic heterocycles. The van der Waals surface area contributed by atoms with E-state index in [0.29, 0.717) is 29.7 Å². The predicted octanol–water partition coefficient (Wildman–Crippen LogP) is 1.56. The number of rotatable bonds is 5. The molecule has 6 rings (SSSR count). The molecule has 5 aromatic heterocycles. The van der Waals surface area contributed by atoms with Crippen molar-refractivity contribution in [3.8, 4) is 17.2 Å². The number of anilines is 2. The SMILES string of the molecule is CN1CC[C@@](O)(c2cn(-c3cccc(-c4ccnc(Nc5cnn6ccccc56)n4)n3)nn2)C1=O. The van der Waals surface area contributed by atoms with E-state index in [-0.39, 0.29) is 12.1 Å². The van der Waals surface area contributed by atoms with Gasteiger partial charge in [0.2, 0.25) is 5.95 Å². The van der Waals surface area contributed by atoms with E-state index in [0.717, 1.165) is 11.2 Å². The first-order chi connectivity index (χ1) is 17.0. The van der Waals surface area contributed by atoms with Crippen LogP contribution in [-0.4, -0.2) is 69.1 Å². The Morgan fingerprint density at radius 1 is 1.09 bits per heavy atom. The van der Waals surface area contributed by atoms with E-state index in [9.17, 15) is 9.90 Å². The number of carbonyl (C=O) groups is 1. The monoisotopic (exact) mass is 468 g/mol. The van der Waals surface area contributed by atoms with Gasteiger partial charge in [-0.1, -0.05) is 17.3 Å². The number of carbonyl (C=O) groups excluding carboxylic acids is 1. The summed E-state index contributed by atoms with van der Waals surface area (Å²) in [5, 5.41) is 26.5. The fraction of sp³-hybridized carbons (Fsp3) is 0.174. The Morgan fingerprint density at radius 3 is 2.83 bits per heavy atom. The number of pyridine rings is 2. The third-order valence-electron chi connectivity index (χ3n) is 5.99. The summed E-state index contributed by atoms with van der Waals surface area (Å²) in [4.78, 5) is 27.4. The molecule has 1 fully saturated rings. The number of fused-ring (bicyclic) bond motifs is 1. The van der Waals surface area contributed by atoms with Crippen molar-refractivity contribution in [2.45, 2.75) is 12.0 Å². The van der Waals surface area contributed by atoms with Crippen molar-refractivity contribution in [2.24, 2.45) is 0 Å². The third-order valence-corrected chi connectivity index (χ3v) is 5.99. The van der Waals surface area contributed by atoms with Gasteiger partial charge in [-0.25, -0.2) is 24.1 Å². The molecule has 1 saturated heterocycles. The maximum absolute atomic E-state index is 12.4. The Morgan fingerprint density at radius 2 is 1.97 bits per heavy atom. The van der Waals surface area contributed by atoms with E-state index < -0.39 is 11.5 Å². The van der Waals surface area contributed by atoms with E-state index in [1.165, 1.54) is 15.8 Å². The van der Waals surface area contributed by atoms with Crippen LogP contribution in [0.5, 0.6) is 0 Å². The summed E-state index contributed by atoms with van der Waals surface area (Å²) in [5.74, 6) is 0.487. The molecule has 0 aromatic carbocycles. The number of likely N-dealkylation sites (N-methyl/N-ethyl adjacent to an activating group) is 1. The summed E-state index contributed by atoms with van der Waals surface area (Å²) < 4.78 is 3.19. The van der Waals surface area contributed by atoms with Crippen LogP contribution < -0.4 is 5.32 Å². The van der Waals surface area contributed by atoms with E-state index in [2.05, 4.69) is 35.7 Å². The predicted molar refractivity (Wildman–Crippen MR) is 125 cm³/mol. The van der Waals surface area contributed by atoms with Crippen LogP contribution in [0.3, 0.4) is 0 Å². The fourth-order valence-corrected chi connectivity index (χ4v) is 4.06. The lowest BCUT2D eigenvalue weighted by atomic mass is 9.99. The molecule has 0 bridgehead atoms. The molecule has 5 aromatic rings. The normalized spacial score (nSPS) is 17.9. The molecule has 174 valence electrons. The minimum atomic E-state index is -1.67. The van der Waals surface area contributed by atoms with Crippen molar-refractivity contribution in [2.75, 3.05) is 18.9 Å². The summed E-state index contributed by atoms with van der Waals surface area (Å²) in [5.41, 5.74) is 1.41. The number of likely N-dealkylation sites (tertiary alicyclic amines) is 1. The largest absolute Gasteiger partial charge is 0.374 e. The lowest BCUT2D eigenvalue weighted by molar-refractivity contribution is -0.143. The van der Waals surface area contributed by atoms with Crippen LogP contribution in [0.2, 0.25) is 0 Å². The Bertz CT molecular complexity index is 1560. The number of hydrogen-bond donors (Lipinski definition) is 2. The van der Waals surface area contributed by atoms with E-state index in [1.54, 1.807) is 36.1 Å². The maximum Gasteiger partial charge on any atom is 0.260 e. The van der Waals surface area contributed by atoms with Gasteiger partial charge in [-0.15, -0.1) is 5.10 Å². The molecule has 1 amide bonds. The first-order valence-electron chi connectivity index (χ1n) is 10.9. The lowest BCUT2D eigenvalue weighted by Crippen LogP contribution is -2.36. The summed E-state index contributed by atoms with van der Waals surface area (Å²) in [6, 6.07) is 13.0. The molecule has 0 saturated carbocycles. The second kappa shape index (κ2) is 7.95. The van der Waals surface area contributed by atoms with Gasteiger partial charge in [-0.05, 0) is 30.3 Å². The highest BCUT2D eigenvalue weighted by Gasteiger charge is 2.47. The minimum absolute atomic E-state index is 0.195. The molecule has 0 unspecified atom stereocenters. The van der Waals surface area contributed by atoms with E-state index in [4.69, 9.17) is 0 Å². The van der Waals surface area contributed by atoms with Gasteiger partial charge in [-0.2, -0.15) is 5.10 Å². The number of aromatic nitrogens is 8. The van der Waals surface area contributed by atoms with E-state index >= 15 is 0 Å². The number of nitrogens with one attached hydrogen (secondary N) is 1.